The van der Waals surface area contributed by atoms with Gasteiger partial charge in [0.2, 0.25) is 0 Å². The summed E-state index contributed by atoms with van der Waals surface area (Å²) in [6.45, 7) is 1.35. The van der Waals surface area contributed by atoms with Gasteiger partial charge in [-0.05, 0) is 49.4 Å². The Morgan fingerprint density at radius 2 is 1.88 bits per heavy atom. The van der Waals surface area contributed by atoms with Gasteiger partial charge in [0.15, 0.2) is 18.2 Å². The van der Waals surface area contributed by atoms with Crippen molar-refractivity contribution in [3.8, 4) is 11.5 Å². The number of rotatable bonds is 6. The molecule has 0 spiro atoms. The van der Waals surface area contributed by atoms with Crippen molar-refractivity contribution in [2.75, 3.05) is 13.7 Å². The smallest absolute Gasteiger partial charge is 0.277 e. The minimum atomic E-state index is -0.518. The zero-order chi connectivity index (χ0) is 17.5. The highest BCUT2D eigenvalue weighted by atomic mass is 19.1. The summed E-state index contributed by atoms with van der Waals surface area (Å²) in [7, 11) is 1.38. The quantitative estimate of drug-likeness (QED) is 0.653. The number of benzene rings is 2. The normalized spacial score (nSPS) is 11.1. The number of amides is 1. The summed E-state index contributed by atoms with van der Waals surface area (Å²) < 4.78 is 36.4. The predicted octanol–water partition coefficient (Wildman–Crippen LogP) is 2.89. The molecular formula is C17H16F2N2O3. The molecular weight excluding hydrogens is 318 g/mol. The number of carbonyl (C=O) groups excluding carboxylic acids is 1. The maximum absolute atomic E-state index is 13.6. The molecule has 0 unspecified atom stereocenters. The predicted molar refractivity (Wildman–Crippen MR) is 85.2 cm³/mol. The number of hydrogen-bond acceptors (Lipinski definition) is 4. The summed E-state index contributed by atoms with van der Waals surface area (Å²) in [5, 5.41) is 3.89. The van der Waals surface area contributed by atoms with Crippen LogP contribution in [-0.2, 0) is 4.79 Å². The first-order valence-electron chi connectivity index (χ1n) is 7.05. The molecule has 0 saturated heterocycles. The highest BCUT2D eigenvalue weighted by Crippen LogP contribution is 2.18. The molecule has 126 valence electrons. The van der Waals surface area contributed by atoms with Crippen LogP contribution in [0.1, 0.15) is 12.5 Å². The number of ether oxygens (including phenoxy) is 2. The van der Waals surface area contributed by atoms with Crippen LogP contribution in [0.2, 0.25) is 0 Å². The van der Waals surface area contributed by atoms with Crippen LogP contribution >= 0.6 is 0 Å². The molecule has 24 heavy (non-hydrogen) atoms. The molecule has 0 aliphatic heterocycles. The highest BCUT2D eigenvalue weighted by molar-refractivity contribution is 5.99. The van der Waals surface area contributed by atoms with Crippen LogP contribution in [0, 0.1) is 11.6 Å². The third-order valence-corrected chi connectivity index (χ3v) is 3.10. The molecule has 0 heterocycles. The molecule has 0 atom stereocenters. The van der Waals surface area contributed by atoms with Gasteiger partial charge in [-0.25, -0.2) is 14.2 Å². The van der Waals surface area contributed by atoms with Gasteiger partial charge in [-0.2, -0.15) is 5.10 Å². The molecule has 0 aliphatic carbocycles. The Morgan fingerprint density at radius 1 is 1.17 bits per heavy atom. The van der Waals surface area contributed by atoms with Crippen molar-refractivity contribution in [2.24, 2.45) is 5.10 Å². The lowest BCUT2D eigenvalue weighted by Crippen LogP contribution is -2.25. The molecule has 1 N–H and O–H groups in total. The summed E-state index contributed by atoms with van der Waals surface area (Å²) in [5.74, 6) is -0.908. The molecule has 0 aromatic heterocycles. The van der Waals surface area contributed by atoms with E-state index in [0.717, 1.165) is 0 Å². The van der Waals surface area contributed by atoms with Crippen molar-refractivity contribution in [1.29, 1.82) is 0 Å². The topological polar surface area (TPSA) is 59.9 Å². The van der Waals surface area contributed by atoms with E-state index in [1.54, 1.807) is 13.0 Å². The second-order valence-electron chi connectivity index (χ2n) is 4.82. The van der Waals surface area contributed by atoms with E-state index in [1.165, 1.54) is 43.5 Å². The Labute approximate surface area is 137 Å². The van der Waals surface area contributed by atoms with Crippen LogP contribution in [0.25, 0.3) is 0 Å². The SMILES string of the molecule is COc1ccc(/C(C)=N\NC(=O)COc2ccc(F)cc2)cc1F. The lowest BCUT2D eigenvalue weighted by molar-refractivity contribution is -0.123. The van der Waals surface area contributed by atoms with E-state index >= 15 is 0 Å². The summed E-state index contributed by atoms with van der Waals surface area (Å²) in [5.41, 5.74) is 3.24. The van der Waals surface area contributed by atoms with Crippen LogP contribution in [-0.4, -0.2) is 25.3 Å². The standard InChI is InChI=1S/C17H16F2N2O3/c1-11(12-3-8-16(23-2)15(19)9-12)20-21-17(22)10-24-14-6-4-13(18)5-7-14/h3-9H,10H2,1-2H3,(H,21,22)/b20-11-. The zero-order valence-electron chi connectivity index (χ0n) is 13.2. The molecule has 5 nitrogen and oxygen atoms in total. The fourth-order valence-electron chi connectivity index (χ4n) is 1.81. The van der Waals surface area contributed by atoms with Crippen LogP contribution < -0.4 is 14.9 Å². The lowest BCUT2D eigenvalue weighted by atomic mass is 10.1. The fraction of sp³-hybridized carbons (Fsp3) is 0.176. The Kier molecular flexibility index (Phi) is 5.83. The highest BCUT2D eigenvalue weighted by Gasteiger charge is 2.07. The molecule has 0 radical (unpaired) electrons. The second-order valence-corrected chi connectivity index (χ2v) is 4.82. The van der Waals surface area contributed by atoms with Crippen molar-refractivity contribution in [3.63, 3.8) is 0 Å². The number of halogens is 2. The summed E-state index contributed by atoms with van der Waals surface area (Å²) in [6, 6.07) is 9.65. The Morgan fingerprint density at radius 3 is 2.50 bits per heavy atom. The molecule has 7 heteroatoms. The molecule has 2 aromatic rings. The molecule has 0 aliphatic rings. The largest absolute Gasteiger partial charge is 0.494 e. The number of nitrogens with zero attached hydrogens (tertiary/aromatic N) is 1. The number of hydrogen-bond donors (Lipinski definition) is 1. The van der Waals surface area contributed by atoms with Gasteiger partial charge >= 0.3 is 0 Å². The molecule has 1 amide bonds. The molecule has 2 aromatic carbocycles. The van der Waals surface area contributed by atoms with Crippen molar-refractivity contribution in [2.45, 2.75) is 6.92 Å². The maximum Gasteiger partial charge on any atom is 0.277 e. The van der Waals surface area contributed by atoms with Crippen LogP contribution in [0.5, 0.6) is 11.5 Å². The van der Waals surface area contributed by atoms with Gasteiger partial charge in [0.25, 0.3) is 5.91 Å². The monoisotopic (exact) mass is 334 g/mol. The minimum absolute atomic E-state index is 0.128. The Bertz CT molecular complexity index is 746. The van der Waals surface area contributed by atoms with Crippen molar-refractivity contribution in [1.82, 2.24) is 5.43 Å². The Balaban J connectivity index is 1.90. The minimum Gasteiger partial charge on any atom is -0.494 e. The van der Waals surface area contributed by atoms with Crippen LogP contribution in [0.15, 0.2) is 47.6 Å². The fourth-order valence-corrected chi connectivity index (χ4v) is 1.81. The second kappa shape index (κ2) is 8.05. The average molecular weight is 334 g/mol. The molecule has 0 bridgehead atoms. The molecule has 2 rings (SSSR count). The van der Waals surface area contributed by atoms with Gasteiger partial charge in [0, 0.05) is 5.56 Å². The van der Waals surface area contributed by atoms with Gasteiger partial charge in [-0.1, -0.05) is 0 Å². The third kappa shape index (κ3) is 4.77. The van der Waals surface area contributed by atoms with E-state index in [1.807, 2.05) is 0 Å². The number of hydrazone groups is 1. The van der Waals surface area contributed by atoms with E-state index in [2.05, 4.69) is 10.5 Å². The van der Waals surface area contributed by atoms with E-state index in [0.29, 0.717) is 17.0 Å². The number of nitrogens with one attached hydrogen (secondary N) is 1. The molecule has 0 saturated carbocycles. The average Bonchev–Trinajstić information content (AvgIpc) is 2.59. The third-order valence-electron chi connectivity index (χ3n) is 3.10. The first-order valence-corrected chi connectivity index (χ1v) is 7.05. The first kappa shape index (κ1) is 17.4. The maximum atomic E-state index is 13.6. The summed E-state index contributed by atoms with van der Waals surface area (Å²) in [4.78, 5) is 11.7. The van der Waals surface area contributed by atoms with Crippen molar-refractivity contribution in [3.05, 3.63) is 59.7 Å². The summed E-state index contributed by atoms with van der Waals surface area (Å²) >= 11 is 0. The number of carbonyl (C=O) groups is 1. The zero-order valence-corrected chi connectivity index (χ0v) is 13.2. The van der Waals surface area contributed by atoms with Crippen LogP contribution in [0.4, 0.5) is 8.78 Å². The van der Waals surface area contributed by atoms with E-state index in [4.69, 9.17) is 9.47 Å². The van der Waals surface area contributed by atoms with E-state index in [9.17, 15) is 13.6 Å². The van der Waals surface area contributed by atoms with E-state index < -0.39 is 17.5 Å². The van der Waals surface area contributed by atoms with Gasteiger partial charge in [-0.15, -0.1) is 0 Å². The van der Waals surface area contributed by atoms with Gasteiger partial charge < -0.3 is 9.47 Å². The first-order chi connectivity index (χ1) is 11.5. The molecule has 0 fully saturated rings. The van der Waals surface area contributed by atoms with Crippen molar-refractivity contribution >= 4 is 11.6 Å². The Hall–Kier alpha value is -2.96. The van der Waals surface area contributed by atoms with Crippen LogP contribution in [0.3, 0.4) is 0 Å². The number of methoxy groups -OCH3 is 1. The van der Waals surface area contributed by atoms with Gasteiger partial charge in [-0.3, -0.25) is 4.79 Å². The van der Waals surface area contributed by atoms with Gasteiger partial charge in [0.05, 0.1) is 12.8 Å². The summed E-state index contributed by atoms with van der Waals surface area (Å²) in [6.07, 6.45) is 0. The van der Waals surface area contributed by atoms with E-state index in [-0.39, 0.29) is 12.4 Å². The van der Waals surface area contributed by atoms with Gasteiger partial charge in [0.1, 0.15) is 11.6 Å². The van der Waals surface area contributed by atoms with Crippen molar-refractivity contribution < 1.29 is 23.0 Å². The lowest BCUT2D eigenvalue weighted by Gasteiger charge is -2.07.